The average molecular weight is 276 g/mol. The molecule has 0 bridgehead atoms. The van der Waals surface area contributed by atoms with E-state index in [1.165, 1.54) is 12.8 Å². The van der Waals surface area contributed by atoms with E-state index in [0.29, 0.717) is 11.8 Å². The van der Waals surface area contributed by atoms with Crippen molar-refractivity contribution in [3.63, 3.8) is 0 Å². The monoisotopic (exact) mass is 276 g/mol. The minimum atomic E-state index is 0.442. The van der Waals surface area contributed by atoms with Crippen LogP contribution >= 0.6 is 0 Å². The van der Waals surface area contributed by atoms with Crippen molar-refractivity contribution in [1.29, 1.82) is 0 Å². The van der Waals surface area contributed by atoms with Crippen molar-refractivity contribution in [2.45, 2.75) is 32.1 Å². The van der Waals surface area contributed by atoms with Crippen LogP contribution in [0.1, 0.15) is 36.7 Å². The fraction of sp³-hybridized carbons (Fsp3) is 0.733. The summed E-state index contributed by atoms with van der Waals surface area (Å²) < 4.78 is 5.48. The van der Waals surface area contributed by atoms with Crippen LogP contribution in [-0.2, 0) is 4.74 Å². The summed E-state index contributed by atoms with van der Waals surface area (Å²) in [5.41, 5.74) is 6.90. The van der Waals surface area contributed by atoms with Crippen LogP contribution in [0.15, 0.2) is 6.07 Å². The Balaban J connectivity index is 1.76. The van der Waals surface area contributed by atoms with Crippen LogP contribution in [0, 0.1) is 12.8 Å². The largest absolute Gasteiger partial charge is 0.381 e. The Bertz CT molecular complexity index is 451. The lowest BCUT2D eigenvalue weighted by Gasteiger charge is -2.32. The van der Waals surface area contributed by atoms with Gasteiger partial charge in [-0.1, -0.05) is 0 Å². The highest BCUT2D eigenvalue weighted by Crippen LogP contribution is 2.27. The van der Waals surface area contributed by atoms with Crippen LogP contribution in [-0.4, -0.2) is 42.8 Å². The van der Waals surface area contributed by atoms with E-state index in [-0.39, 0.29) is 0 Å². The number of hydrogen-bond donors (Lipinski definition) is 1. The van der Waals surface area contributed by atoms with Gasteiger partial charge in [-0.2, -0.15) is 0 Å². The summed E-state index contributed by atoms with van der Waals surface area (Å²) in [6.45, 7) is 6.55. The minimum Gasteiger partial charge on any atom is -0.381 e. The first-order valence-electron chi connectivity index (χ1n) is 7.64. The summed E-state index contributed by atoms with van der Waals surface area (Å²) in [6, 6.07) is 2.16. The third-order valence-electron chi connectivity index (χ3n) is 4.46. The predicted octanol–water partition coefficient (Wildman–Crippen LogP) is 1.46. The molecule has 0 saturated carbocycles. The molecule has 0 aromatic carbocycles. The fourth-order valence-electron chi connectivity index (χ4n) is 3.11. The highest BCUT2D eigenvalue weighted by atomic mass is 16.5. The van der Waals surface area contributed by atoms with Crippen LogP contribution in [0.5, 0.6) is 0 Å². The zero-order valence-electron chi connectivity index (χ0n) is 12.2. The zero-order valence-corrected chi connectivity index (χ0v) is 12.2. The number of nitrogens with two attached hydrogens (primary N) is 1. The maximum Gasteiger partial charge on any atom is 0.132 e. The van der Waals surface area contributed by atoms with Crippen LogP contribution < -0.4 is 10.6 Å². The summed E-state index contributed by atoms with van der Waals surface area (Å²) >= 11 is 0. The number of ether oxygens (including phenoxy) is 1. The van der Waals surface area contributed by atoms with Crippen molar-refractivity contribution in [1.82, 2.24) is 9.97 Å². The zero-order chi connectivity index (χ0) is 13.9. The van der Waals surface area contributed by atoms with Crippen LogP contribution in [0.25, 0.3) is 0 Å². The van der Waals surface area contributed by atoms with Gasteiger partial charge < -0.3 is 15.4 Å². The first kappa shape index (κ1) is 13.8. The maximum atomic E-state index is 5.76. The van der Waals surface area contributed by atoms with Crippen LogP contribution in [0.2, 0.25) is 0 Å². The molecule has 0 spiro atoms. The quantitative estimate of drug-likeness (QED) is 0.905. The third kappa shape index (κ3) is 2.94. The molecule has 1 aromatic rings. The number of nitrogens with zero attached hydrogens (tertiary/aromatic N) is 3. The van der Waals surface area contributed by atoms with Crippen molar-refractivity contribution in [3.05, 3.63) is 17.6 Å². The maximum absolute atomic E-state index is 5.76. The molecule has 2 saturated heterocycles. The first-order chi connectivity index (χ1) is 9.76. The molecule has 0 amide bonds. The summed E-state index contributed by atoms with van der Waals surface area (Å²) in [5, 5.41) is 0. The van der Waals surface area contributed by atoms with Gasteiger partial charge in [-0.15, -0.1) is 0 Å². The van der Waals surface area contributed by atoms with Crippen LogP contribution in [0.3, 0.4) is 0 Å². The van der Waals surface area contributed by atoms with Crippen molar-refractivity contribution in [2.24, 2.45) is 11.7 Å². The molecule has 5 nitrogen and oxygen atoms in total. The van der Waals surface area contributed by atoms with Gasteiger partial charge in [0.2, 0.25) is 0 Å². The Morgan fingerprint density at radius 2 is 2.10 bits per heavy atom. The summed E-state index contributed by atoms with van der Waals surface area (Å²) in [6.07, 6.45) is 3.41. The van der Waals surface area contributed by atoms with Crippen molar-refractivity contribution >= 4 is 5.82 Å². The number of piperidine rings is 1. The molecule has 0 unspecified atom stereocenters. The van der Waals surface area contributed by atoms with E-state index >= 15 is 0 Å². The van der Waals surface area contributed by atoms with Gasteiger partial charge in [-0.25, -0.2) is 9.97 Å². The predicted molar refractivity (Wildman–Crippen MR) is 78.9 cm³/mol. The van der Waals surface area contributed by atoms with Gasteiger partial charge in [0.1, 0.15) is 11.6 Å². The van der Waals surface area contributed by atoms with Gasteiger partial charge in [0, 0.05) is 31.7 Å². The molecular weight excluding hydrogens is 252 g/mol. The van der Waals surface area contributed by atoms with E-state index in [0.717, 1.165) is 56.6 Å². The molecule has 2 aliphatic rings. The lowest BCUT2D eigenvalue weighted by atomic mass is 9.97. The highest BCUT2D eigenvalue weighted by Gasteiger charge is 2.23. The minimum absolute atomic E-state index is 0.442. The number of rotatable bonds is 3. The normalized spacial score (nSPS) is 24.3. The summed E-state index contributed by atoms with van der Waals surface area (Å²) in [5.74, 6) is 3.06. The van der Waals surface area contributed by atoms with E-state index < -0.39 is 0 Å². The molecule has 2 N–H and O–H groups in total. The van der Waals surface area contributed by atoms with Crippen molar-refractivity contribution in [3.8, 4) is 0 Å². The molecule has 20 heavy (non-hydrogen) atoms. The molecule has 3 heterocycles. The topological polar surface area (TPSA) is 64.3 Å². The molecule has 110 valence electrons. The molecule has 2 aliphatic heterocycles. The Labute approximate surface area is 120 Å². The lowest BCUT2D eigenvalue weighted by Crippen LogP contribution is -2.36. The van der Waals surface area contributed by atoms with Gasteiger partial charge in [-0.3, -0.25) is 0 Å². The SMILES string of the molecule is Cc1nc([C@H]2CCOC2)cc(N2CCC(CN)CC2)n1. The Morgan fingerprint density at radius 1 is 1.30 bits per heavy atom. The van der Waals surface area contributed by atoms with Crippen LogP contribution in [0.4, 0.5) is 5.82 Å². The second-order valence-electron chi connectivity index (χ2n) is 5.92. The molecule has 2 fully saturated rings. The van der Waals surface area contributed by atoms with E-state index in [2.05, 4.69) is 20.9 Å². The fourth-order valence-corrected chi connectivity index (χ4v) is 3.11. The number of anilines is 1. The standard InChI is InChI=1S/C15H24N4O/c1-11-17-14(13-4-7-20-10-13)8-15(18-11)19-5-2-12(9-16)3-6-19/h8,12-13H,2-7,9-10,16H2,1H3/t13-/m0/s1. The second-order valence-corrected chi connectivity index (χ2v) is 5.92. The van der Waals surface area contributed by atoms with E-state index in [1.807, 2.05) is 6.92 Å². The number of aromatic nitrogens is 2. The van der Waals surface area contributed by atoms with Gasteiger partial charge >= 0.3 is 0 Å². The number of hydrogen-bond acceptors (Lipinski definition) is 5. The van der Waals surface area contributed by atoms with Gasteiger partial charge in [0.15, 0.2) is 0 Å². The third-order valence-corrected chi connectivity index (χ3v) is 4.46. The van der Waals surface area contributed by atoms with E-state index in [4.69, 9.17) is 10.5 Å². The Morgan fingerprint density at radius 3 is 2.75 bits per heavy atom. The Kier molecular flexibility index (Phi) is 4.17. The van der Waals surface area contributed by atoms with Gasteiger partial charge in [0.25, 0.3) is 0 Å². The lowest BCUT2D eigenvalue weighted by molar-refractivity contribution is 0.193. The second kappa shape index (κ2) is 6.06. The molecule has 0 aliphatic carbocycles. The van der Waals surface area contributed by atoms with E-state index in [1.54, 1.807) is 0 Å². The molecule has 0 radical (unpaired) electrons. The molecule has 3 rings (SSSR count). The molecule has 1 aromatic heterocycles. The molecule has 1 atom stereocenters. The van der Waals surface area contributed by atoms with Crippen molar-refractivity contribution in [2.75, 3.05) is 37.7 Å². The van der Waals surface area contributed by atoms with Gasteiger partial charge in [0.05, 0.1) is 12.3 Å². The van der Waals surface area contributed by atoms with Crippen molar-refractivity contribution < 1.29 is 4.74 Å². The van der Waals surface area contributed by atoms with E-state index in [9.17, 15) is 0 Å². The smallest absolute Gasteiger partial charge is 0.132 e. The summed E-state index contributed by atoms with van der Waals surface area (Å²) in [7, 11) is 0. The number of aryl methyl sites for hydroxylation is 1. The van der Waals surface area contributed by atoms with Gasteiger partial charge in [-0.05, 0) is 38.6 Å². The molecule has 5 heteroatoms. The Hall–Kier alpha value is -1.20. The molecular formula is C15H24N4O. The average Bonchev–Trinajstić information content (AvgIpc) is 3.01. The highest BCUT2D eigenvalue weighted by molar-refractivity contribution is 5.41. The summed E-state index contributed by atoms with van der Waals surface area (Å²) in [4.78, 5) is 11.6. The first-order valence-corrected chi connectivity index (χ1v) is 7.64.